The van der Waals surface area contributed by atoms with Crippen LogP contribution >= 0.6 is 0 Å². The van der Waals surface area contributed by atoms with E-state index in [-0.39, 0.29) is 43.7 Å². The van der Waals surface area contributed by atoms with Gasteiger partial charge in [-0.15, -0.1) is 0 Å². The van der Waals surface area contributed by atoms with Crippen LogP contribution in [0.3, 0.4) is 0 Å². The molecular formula is C47H79NO17. The third-order valence-corrected chi connectivity index (χ3v) is 14.9. The Morgan fingerprint density at radius 2 is 1.52 bits per heavy atom. The summed E-state index contributed by atoms with van der Waals surface area (Å²) in [6.07, 6.45) is -8.68. The van der Waals surface area contributed by atoms with E-state index in [2.05, 4.69) is 0 Å². The van der Waals surface area contributed by atoms with Gasteiger partial charge in [0, 0.05) is 50.7 Å². The molecule has 23 atom stereocenters. The van der Waals surface area contributed by atoms with E-state index in [4.69, 9.17) is 47.4 Å². The number of epoxide rings is 1. The fourth-order valence-electron chi connectivity index (χ4n) is 10.3. The van der Waals surface area contributed by atoms with Crippen molar-refractivity contribution >= 4 is 18.0 Å². The molecular weight excluding hydrogens is 851 g/mol. The van der Waals surface area contributed by atoms with Crippen molar-refractivity contribution in [2.75, 3.05) is 34.9 Å². The first-order valence-corrected chi connectivity index (χ1v) is 23.4. The molecule has 0 aromatic heterocycles. The Kier molecular flexibility index (Phi) is 18.8. The minimum atomic E-state index is -1.35. The van der Waals surface area contributed by atoms with E-state index < -0.39 is 139 Å². The molecule has 7 unspecified atom stereocenters. The number of fused-ring (bicyclic) bond motifs is 1. The van der Waals surface area contributed by atoms with Crippen LogP contribution in [0.15, 0.2) is 12.2 Å². The summed E-state index contributed by atoms with van der Waals surface area (Å²) in [7, 11) is 6.52. The van der Waals surface area contributed by atoms with E-state index >= 15 is 0 Å². The summed E-state index contributed by atoms with van der Waals surface area (Å²) in [5.74, 6) is -3.73. The van der Waals surface area contributed by atoms with Crippen LogP contribution in [-0.2, 0) is 61.8 Å². The summed E-state index contributed by atoms with van der Waals surface area (Å²) in [5.41, 5.74) is -1.98. The van der Waals surface area contributed by atoms with Crippen molar-refractivity contribution in [1.82, 2.24) is 4.90 Å². The largest absolute Gasteiger partial charge is 0.462 e. The number of carbonyl (C=O) groups excluding carboxylic acids is 3. The Morgan fingerprint density at radius 1 is 0.862 bits per heavy atom. The summed E-state index contributed by atoms with van der Waals surface area (Å²) in [6.45, 7) is 16.2. The summed E-state index contributed by atoms with van der Waals surface area (Å²) in [4.78, 5) is 41.9. The smallest absolute Gasteiger partial charge is 0.308 e. The molecule has 0 aliphatic carbocycles. The van der Waals surface area contributed by atoms with Gasteiger partial charge in [0.2, 0.25) is 0 Å². The maximum absolute atomic E-state index is 13.9. The van der Waals surface area contributed by atoms with E-state index in [1.165, 1.54) is 20.3 Å². The quantitative estimate of drug-likeness (QED) is 0.118. The number of aldehydes is 1. The van der Waals surface area contributed by atoms with Gasteiger partial charge in [0.05, 0.1) is 61.3 Å². The highest BCUT2D eigenvalue weighted by atomic mass is 16.7. The van der Waals surface area contributed by atoms with Crippen LogP contribution < -0.4 is 0 Å². The topological polar surface area (TPSA) is 231 Å². The van der Waals surface area contributed by atoms with Crippen LogP contribution in [-0.4, -0.2) is 188 Å². The average molecular weight is 930 g/mol. The van der Waals surface area contributed by atoms with Gasteiger partial charge >= 0.3 is 5.97 Å². The highest BCUT2D eigenvalue weighted by Gasteiger charge is 2.58. The van der Waals surface area contributed by atoms with E-state index in [1.54, 1.807) is 59.7 Å². The van der Waals surface area contributed by atoms with Gasteiger partial charge in [-0.05, 0) is 79.6 Å². The number of esters is 1. The predicted octanol–water partition coefficient (Wildman–Crippen LogP) is 2.32. The number of hydrogen-bond donors (Lipinski definition) is 4. The second-order valence-electron chi connectivity index (χ2n) is 19.9. The van der Waals surface area contributed by atoms with Crippen molar-refractivity contribution in [1.29, 1.82) is 0 Å². The molecule has 5 rings (SSSR count). The van der Waals surface area contributed by atoms with Crippen molar-refractivity contribution in [2.24, 2.45) is 29.6 Å². The Bertz CT molecular complexity index is 1600. The fourth-order valence-corrected chi connectivity index (χ4v) is 10.3. The molecule has 0 spiro atoms. The van der Waals surface area contributed by atoms with Crippen LogP contribution in [0.5, 0.6) is 0 Å². The van der Waals surface area contributed by atoms with Gasteiger partial charge in [0.25, 0.3) is 0 Å². The first-order valence-electron chi connectivity index (χ1n) is 23.4. The number of cyclic esters (lactones) is 1. The van der Waals surface area contributed by atoms with Crippen LogP contribution in [0.2, 0.25) is 0 Å². The van der Waals surface area contributed by atoms with E-state index in [9.17, 15) is 34.8 Å². The third-order valence-electron chi connectivity index (χ3n) is 14.9. The minimum Gasteiger partial charge on any atom is -0.462 e. The summed E-state index contributed by atoms with van der Waals surface area (Å²) in [5, 5.41) is 45.7. The summed E-state index contributed by atoms with van der Waals surface area (Å²) in [6, 6.07) is -0.692. The molecule has 0 aromatic carbocycles. The van der Waals surface area contributed by atoms with Crippen LogP contribution in [0.25, 0.3) is 0 Å². The number of aliphatic hydroxyl groups excluding tert-OH is 3. The lowest BCUT2D eigenvalue weighted by Gasteiger charge is -2.50. The second-order valence-corrected chi connectivity index (χ2v) is 19.9. The molecule has 0 amide bonds. The molecule has 4 saturated heterocycles. The number of nitrogens with zero attached hydrogens (tertiary/aromatic N) is 1. The van der Waals surface area contributed by atoms with Gasteiger partial charge in [-0.3, -0.25) is 9.59 Å². The van der Waals surface area contributed by atoms with Crippen molar-refractivity contribution in [2.45, 2.75) is 204 Å². The highest BCUT2D eigenvalue weighted by Crippen LogP contribution is 2.46. The molecule has 65 heavy (non-hydrogen) atoms. The number of likely N-dealkylation sites (N-methyl/N-ethyl adjacent to an activating group) is 1. The van der Waals surface area contributed by atoms with Gasteiger partial charge in [-0.1, -0.05) is 27.7 Å². The van der Waals surface area contributed by atoms with Crippen molar-refractivity contribution in [3.8, 4) is 0 Å². The normalized spacial score (nSPS) is 48.6. The minimum absolute atomic E-state index is 0.0228. The first-order chi connectivity index (χ1) is 30.5. The second kappa shape index (κ2) is 22.6. The fraction of sp³-hybridized carbons (Fsp3) is 0.894. The Labute approximate surface area is 384 Å². The molecule has 4 fully saturated rings. The van der Waals surface area contributed by atoms with Gasteiger partial charge in [0.1, 0.15) is 48.5 Å². The number of methoxy groups -OCH3 is 2. The van der Waals surface area contributed by atoms with Gasteiger partial charge < -0.3 is 77.5 Å². The zero-order valence-electron chi connectivity index (χ0n) is 40.6. The molecule has 5 aliphatic heterocycles. The maximum Gasteiger partial charge on any atom is 0.308 e. The van der Waals surface area contributed by atoms with Crippen molar-refractivity contribution in [3.05, 3.63) is 12.2 Å². The van der Waals surface area contributed by atoms with Gasteiger partial charge in [0.15, 0.2) is 24.7 Å². The average Bonchev–Trinajstić information content (AvgIpc) is 3.91. The first kappa shape index (κ1) is 53.9. The molecule has 374 valence electrons. The number of ketones is 1. The lowest BCUT2D eigenvalue weighted by molar-refractivity contribution is -0.338. The number of hydrogen-bond acceptors (Lipinski definition) is 18. The third kappa shape index (κ3) is 12.4. The van der Waals surface area contributed by atoms with Crippen molar-refractivity contribution in [3.63, 3.8) is 0 Å². The van der Waals surface area contributed by atoms with Crippen LogP contribution in [0.1, 0.15) is 94.4 Å². The molecule has 4 N–H and O–H groups in total. The molecule has 5 heterocycles. The molecule has 18 heteroatoms. The lowest BCUT2D eigenvalue weighted by atomic mass is 9.79. The van der Waals surface area contributed by atoms with Crippen LogP contribution in [0, 0.1) is 29.6 Å². The molecule has 0 aromatic rings. The van der Waals surface area contributed by atoms with Gasteiger partial charge in [-0.2, -0.15) is 0 Å². The molecule has 5 aliphatic rings. The molecule has 0 saturated carbocycles. The van der Waals surface area contributed by atoms with E-state index in [0.717, 1.165) is 6.29 Å². The zero-order chi connectivity index (χ0) is 48.3. The highest BCUT2D eigenvalue weighted by molar-refractivity contribution is 5.91. The van der Waals surface area contributed by atoms with Crippen molar-refractivity contribution < 1.29 is 82.2 Å². The monoisotopic (exact) mass is 930 g/mol. The van der Waals surface area contributed by atoms with Crippen LogP contribution in [0.4, 0.5) is 0 Å². The maximum atomic E-state index is 13.9. The standard InChI is InChI=1S/C47H79NO17/c1-14-33-30(22-58-45-42(57-13)41(56-12)37(53)27(6)60-45)43-47(9,65-43)17-15-31(50)23(2)19-29(16-18-49)39(24(3)32(51)20-34(52)62-33)64-44-38(54)36(48(10)11)40(28(7)61-44)63-35-21-46(8,55)25(4)26(5)59-35/h15,17-18,23-30,32-33,35-45,51,53-55H,14,16,19-22H2,1-13H3/b17-15+/t23-,24+,25+,26?,27?,28?,29+,30-,32-,33-,35+,36?,37+,38?,39-,40+,41+,42?,43+,44+,45-,46?,47+/m1/s1. The molecule has 0 radical (unpaired) electrons. The van der Waals surface area contributed by atoms with E-state index in [0.29, 0.717) is 6.42 Å². The number of aliphatic hydroxyl groups is 4. The molecule has 18 nitrogen and oxygen atoms in total. The Balaban J connectivity index is 1.40. The SMILES string of the molecule is CC[C@H]1OC(=O)C[C@@H](O)[C@H](C)[C@@H](O[C@@H]2OC(C)[C@H](O[C@H]3CC(C)(O)[C@@H](C)C(C)O3)C(N(C)C)C2O)[C@@H](CC=O)C[C@@H](C)C(=O)/C=C/[C@]2(C)O[C@H]2[C@@H]1CO[C@@H]1OC(C)[C@H](O)[C@H](OC)C1OC. The predicted molar refractivity (Wildman–Crippen MR) is 233 cm³/mol. The Hall–Kier alpha value is -2.01. The van der Waals surface area contributed by atoms with Gasteiger partial charge in [-0.25, -0.2) is 0 Å². The lowest BCUT2D eigenvalue weighted by Crippen LogP contribution is -2.65. The zero-order valence-corrected chi connectivity index (χ0v) is 40.6. The Morgan fingerprint density at radius 3 is 2.12 bits per heavy atom. The number of ether oxygens (including phenoxy) is 10. The summed E-state index contributed by atoms with van der Waals surface area (Å²) < 4.78 is 61.6. The summed E-state index contributed by atoms with van der Waals surface area (Å²) >= 11 is 0. The number of rotatable bonds is 13. The number of allylic oxidation sites excluding steroid dienone is 1. The molecule has 0 bridgehead atoms. The number of carbonyl (C=O) groups is 3. The van der Waals surface area contributed by atoms with E-state index in [1.807, 2.05) is 27.7 Å².